The number of benzene rings is 1. The van der Waals surface area contributed by atoms with Crippen LogP contribution in [-0.4, -0.2) is 50.6 Å². The van der Waals surface area contributed by atoms with Gasteiger partial charge in [0.15, 0.2) is 0 Å². The molecule has 0 bridgehead atoms. The molecule has 1 N–H and O–H groups in total. The molecule has 4 nitrogen and oxygen atoms in total. The number of rotatable bonds is 2. The lowest BCUT2D eigenvalue weighted by molar-refractivity contribution is 0.0709. The molecule has 1 atom stereocenters. The van der Waals surface area contributed by atoms with Crippen molar-refractivity contribution in [2.45, 2.75) is 13.0 Å². The summed E-state index contributed by atoms with van der Waals surface area (Å²) in [5.74, 6) is 0.133. The lowest BCUT2D eigenvalue weighted by Gasteiger charge is -2.32. The molecule has 0 unspecified atom stereocenters. The molecule has 1 aromatic carbocycles. The van der Waals surface area contributed by atoms with Crippen molar-refractivity contribution in [1.82, 2.24) is 10.2 Å². The fourth-order valence-electron chi connectivity index (χ4n) is 2.20. The van der Waals surface area contributed by atoms with Crippen molar-refractivity contribution >= 4 is 24.0 Å². The normalized spacial score (nSPS) is 18.7. The van der Waals surface area contributed by atoms with Gasteiger partial charge >= 0.3 is 0 Å². The number of nitrogens with zero attached hydrogens (tertiary/aromatic N) is 2. The molecule has 2 rings (SSSR count). The molecule has 1 aliphatic rings. The summed E-state index contributed by atoms with van der Waals surface area (Å²) in [6.45, 7) is 4.56. The molecule has 1 saturated heterocycles. The molecular weight excluding hydrogens is 262 g/mol. The molecular formula is C14H22ClN3O. The fourth-order valence-corrected chi connectivity index (χ4v) is 2.20. The van der Waals surface area contributed by atoms with Crippen LogP contribution in [0, 0.1) is 0 Å². The van der Waals surface area contributed by atoms with E-state index < -0.39 is 0 Å². The third-order valence-corrected chi connectivity index (χ3v) is 3.29. The second-order valence-corrected chi connectivity index (χ2v) is 5.05. The number of anilines is 1. The van der Waals surface area contributed by atoms with Crippen molar-refractivity contribution in [2.24, 2.45) is 0 Å². The predicted molar refractivity (Wildman–Crippen MR) is 81.4 cm³/mol. The standard InChI is InChI=1S/C14H21N3O.ClH/c1-11-10-17(9-8-15-11)14(18)12-4-6-13(7-5-12)16(2)3;/h4-7,11,15H,8-10H2,1-3H3;1H/t11-;/m1./s1. The third-order valence-electron chi connectivity index (χ3n) is 3.29. The highest BCUT2D eigenvalue weighted by molar-refractivity contribution is 5.94. The van der Waals surface area contributed by atoms with Crippen LogP contribution in [0.25, 0.3) is 0 Å². The summed E-state index contributed by atoms with van der Waals surface area (Å²) in [7, 11) is 3.99. The molecule has 0 aliphatic carbocycles. The van der Waals surface area contributed by atoms with E-state index in [1.54, 1.807) is 0 Å². The average Bonchev–Trinajstić information content (AvgIpc) is 2.38. The first kappa shape index (κ1) is 15.8. The summed E-state index contributed by atoms with van der Waals surface area (Å²) in [4.78, 5) is 16.3. The number of amides is 1. The highest BCUT2D eigenvalue weighted by atomic mass is 35.5. The Bertz CT molecular complexity index is 419. The molecule has 1 aromatic rings. The van der Waals surface area contributed by atoms with Crippen LogP contribution in [0.4, 0.5) is 5.69 Å². The molecule has 0 radical (unpaired) electrons. The highest BCUT2D eigenvalue weighted by Crippen LogP contribution is 2.14. The maximum absolute atomic E-state index is 12.3. The molecule has 1 fully saturated rings. The van der Waals surface area contributed by atoms with Crippen LogP contribution in [0.2, 0.25) is 0 Å². The van der Waals surface area contributed by atoms with Crippen LogP contribution in [-0.2, 0) is 0 Å². The van der Waals surface area contributed by atoms with Crippen LogP contribution in [0.1, 0.15) is 17.3 Å². The zero-order valence-electron chi connectivity index (χ0n) is 11.7. The van der Waals surface area contributed by atoms with Gasteiger partial charge < -0.3 is 15.1 Å². The van der Waals surface area contributed by atoms with Crippen LogP contribution >= 0.6 is 12.4 Å². The van der Waals surface area contributed by atoms with Gasteiger partial charge in [-0.05, 0) is 31.2 Å². The Morgan fingerprint density at radius 3 is 2.47 bits per heavy atom. The molecule has 1 amide bonds. The van der Waals surface area contributed by atoms with Gasteiger partial charge in [0.2, 0.25) is 0 Å². The number of carbonyl (C=O) groups is 1. The quantitative estimate of drug-likeness (QED) is 0.896. The molecule has 19 heavy (non-hydrogen) atoms. The smallest absolute Gasteiger partial charge is 0.253 e. The fraction of sp³-hybridized carbons (Fsp3) is 0.500. The van der Waals surface area contributed by atoms with Gasteiger partial charge in [0.05, 0.1) is 0 Å². The van der Waals surface area contributed by atoms with Crippen molar-refractivity contribution in [3.8, 4) is 0 Å². The van der Waals surface area contributed by atoms with Crippen molar-refractivity contribution in [2.75, 3.05) is 38.6 Å². The SMILES string of the molecule is C[C@@H]1CN(C(=O)c2ccc(N(C)C)cc2)CCN1.Cl. The van der Waals surface area contributed by atoms with Crippen LogP contribution in [0.5, 0.6) is 0 Å². The number of carbonyl (C=O) groups excluding carboxylic acids is 1. The Morgan fingerprint density at radius 2 is 1.95 bits per heavy atom. The van der Waals surface area contributed by atoms with Gasteiger partial charge in [-0.25, -0.2) is 0 Å². The zero-order valence-corrected chi connectivity index (χ0v) is 12.5. The molecule has 0 saturated carbocycles. The van der Waals surface area contributed by atoms with E-state index in [9.17, 15) is 4.79 Å². The number of hydrogen-bond acceptors (Lipinski definition) is 3. The monoisotopic (exact) mass is 283 g/mol. The van der Waals surface area contributed by atoms with Gasteiger partial charge in [-0.15, -0.1) is 12.4 Å². The van der Waals surface area contributed by atoms with E-state index >= 15 is 0 Å². The zero-order chi connectivity index (χ0) is 13.1. The van der Waals surface area contributed by atoms with E-state index in [0.29, 0.717) is 6.04 Å². The Morgan fingerprint density at radius 1 is 1.32 bits per heavy atom. The third kappa shape index (κ3) is 3.85. The summed E-state index contributed by atoms with van der Waals surface area (Å²) in [5.41, 5.74) is 1.88. The van der Waals surface area contributed by atoms with Gasteiger partial charge in [0.1, 0.15) is 0 Å². The lowest BCUT2D eigenvalue weighted by Crippen LogP contribution is -2.51. The minimum Gasteiger partial charge on any atom is -0.378 e. The predicted octanol–water partition coefficient (Wildman–Crippen LogP) is 1.61. The second-order valence-electron chi connectivity index (χ2n) is 5.05. The number of halogens is 1. The average molecular weight is 284 g/mol. The topological polar surface area (TPSA) is 35.6 Å². The van der Waals surface area contributed by atoms with Crippen LogP contribution in [0.3, 0.4) is 0 Å². The molecule has 0 aromatic heterocycles. The van der Waals surface area contributed by atoms with Crippen molar-refractivity contribution in [3.63, 3.8) is 0 Å². The summed E-state index contributed by atoms with van der Waals surface area (Å²) in [6, 6.07) is 8.16. The first-order chi connectivity index (χ1) is 8.58. The highest BCUT2D eigenvalue weighted by Gasteiger charge is 2.21. The van der Waals surface area contributed by atoms with E-state index in [4.69, 9.17) is 0 Å². The van der Waals surface area contributed by atoms with E-state index in [2.05, 4.69) is 12.2 Å². The molecule has 106 valence electrons. The first-order valence-corrected chi connectivity index (χ1v) is 6.38. The van der Waals surface area contributed by atoms with Gasteiger partial charge in [-0.2, -0.15) is 0 Å². The van der Waals surface area contributed by atoms with Crippen molar-refractivity contribution < 1.29 is 4.79 Å². The lowest BCUT2D eigenvalue weighted by atomic mass is 10.1. The van der Waals surface area contributed by atoms with E-state index in [1.807, 2.05) is 48.2 Å². The Hall–Kier alpha value is -1.26. The summed E-state index contributed by atoms with van der Waals surface area (Å²) in [6.07, 6.45) is 0. The minimum absolute atomic E-state index is 0. The second kappa shape index (κ2) is 6.78. The Balaban J connectivity index is 0.00000180. The van der Waals surface area contributed by atoms with Gasteiger partial charge in [0, 0.05) is 51.0 Å². The van der Waals surface area contributed by atoms with Crippen molar-refractivity contribution in [3.05, 3.63) is 29.8 Å². The van der Waals surface area contributed by atoms with E-state index in [-0.39, 0.29) is 18.3 Å². The summed E-state index contributed by atoms with van der Waals surface area (Å²) < 4.78 is 0. The Labute approximate surface area is 121 Å². The first-order valence-electron chi connectivity index (χ1n) is 6.38. The maximum Gasteiger partial charge on any atom is 0.253 e. The van der Waals surface area contributed by atoms with E-state index in [0.717, 1.165) is 30.9 Å². The van der Waals surface area contributed by atoms with Gasteiger partial charge in [-0.1, -0.05) is 0 Å². The number of hydrogen-bond donors (Lipinski definition) is 1. The van der Waals surface area contributed by atoms with E-state index in [1.165, 1.54) is 0 Å². The van der Waals surface area contributed by atoms with Crippen LogP contribution in [0.15, 0.2) is 24.3 Å². The molecule has 1 heterocycles. The van der Waals surface area contributed by atoms with Gasteiger partial charge in [-0.3, -0.25) is 4.79 Å². The van der Waals surface area contributed by atoms with Gasteiger partial charge in [0.25, 0.3) is 5.91 Å². The maximum atomic E-state index is 12.3. The minimum atomic E-state index is 0. The Kier molecular flexibility index (Phi) is 5.63. The number of nitrogens with one attached hydrogen (secondary N) is 1. The molecule has 1 aliphatic heterocycles. The van der Waals surface area contributed by atoms with Crippen molar-refractivity contribution in [1.29, 1.82) is 0 Å². The van der Waals surface area contributed by atoms with Crippen LogP contribution < -0.4 is 10.2 Å². The largest absolute Gasteiger partial charge is 0.378 e. The summed E-state index contributed by atoms with van der Waals surface area (Å²) in [5, 5.41) is 3.34. The summed E-state index contributed by atoms with van der Waals surface area (Å²) >= 11 is 0. The number of piperazine rings is 1. The molecule has 5 heteroatoms. The molecule has 0 spiro atoms.